The quantitative estimate of drug-likeness (QED) is 0.839. The van der Waals surface area contributed by atoms with Gasteiger partial charge in [-0.25, -0.2) is 18.3 Å². The van der Waals surface area contributed by atoms with Gasteiger partial charge in [0.05, 0.1) is 19.3 Å². The predicted octanol–water partition coefficient (Wildman–Crippen LogP) is 0.362. The maximum absolute atomic E-state index is 13.0. The molecule has 0 bridgehead atoms. The Morgan fingerprint density at radius 3 is 3.00 bits per heavy atom. The molecule has 2 rings (SSSR count). The van der Waals surface area contributed by atoms with E-state index in [4.69, 9.17) is 5.73 Å². The zero-order valence-electron chi connectivity index (χ0n) is 10.2. The summed E-state index contributed by atoms with van der Waals surface area (Å²) in [4.78, 5) is 16.0. The van der Waals surface area contributed by atoms with Crippen molar-refractivity contribution in [2.75, 3.05) is 13.1 Å². The number of nitrogens with zero attached hydrogens (tertiary/aromatic N) is 3. The van der Waals surface area contributed by atoms with Gasteiger partial charge >= 0.3 is 0 Å². The minimum absolute atomic E-state index is 0.150. The minimum Gasteiger partial charge on any atom is -0.346 e. The number of aryl methyl sites for hydroxylation is 1. The lowest BCUT2D eigenvalue weighted by Gasteiger charge is -2.13. The van der Waals surface area contributed by atoms with E-state index in [-0.39, 0.29) is 5.56 Å². The van der Waals surface area contributed by atoms with Gasteiger partial charge < -0.3 is 11.1 Å². The summed E-state index contributed by atoms with van der Waals surface area (Å²) in [5.74, 6) is -3.77. The number of carbonyl (C=O) groups excluding carboxylic acids is 1. The molecular formula is C11H13F2N5O. The van der Waals surface area contributed by atoms with Gasteiger partial charge in [0.1, 0.15) is 5.56 Å². The Hall–Kier alpha value is -2.09. The van der Waals surface area contributed by atoms with E-state index in [2.05, 4.69) is 15.4 Å². The zero-order chi connectivity index (χ0) is 14.0. The molecule has 6 nitrogen and oxygen atoms in total. The highest BCUT2D eigenvalue weighted by molar-refractivity contribution is 5.99. The maximum Gasteiger partial charge on any atom is 0.277 e. The summed E-state index contributed by atoms with van der Waals surface area (Å²) in [6, 6.07) is 1.73. The fourth-order valence-corrected chi connectivity index (χ4v) is 1.50. The molecule has 0 saturated carbocycles. The number of hydrogen-bond acceptors (Lipinski definition) is 4. The van der Waals surface area contributed by atoms with E-state index in [0.29, 0.717) is 11.3 Å². The molecule has 0 aliphatic rings. The minimum atomic E-state index is -3.12. The molecule has 0 atom stereocenters. The van der Waals surface area contributed by atoms with Crippen molar-refractivity contribution in [1.29, 1.82) is 0 Å². The van der Waals surface area contributed by atoms with Crippen molar-refractivity contribution >= 4 is 11.6 Å². The van der Waals surface area contributed by atoms with Gasteiger partial charge in [0, 0.05) is 11.9 Å². The number of fused-ring (bicyclic) bond motifs is 1. The van der Waals surface area contributed by atoms with Gasteiger partial charge in [-0.15, -0.1) is 0 Å². The summed E-state index contributed by atoms with van der Waals surface area (Å²) in [5.41, 5.74) is 6.07. The lowest BCUT2D eigenvalue weighted by Crippen LogP contribution is -2.41. The lowest BCUT2D eigenvalue weighted by molar-refractivity contribution is 0.0119. The Balaban J connectivity index is 2.20. The van der Waals surface area contributed by atoms with Crippen molar-refractivity contribution in [2.45, 2.75) is 12.8 Å². The summed E-state index contributed by atoms with van der Waals surface area (Å²) in [5, 5.41) is 6.05. The largest absolute Gasteiger partial charge is 0.346 e. The molecule has 2 aromatic rings. The van der Waals surface area contributed by atoms with Crippen molar-refractivity contribution in [1.82, 2.24) is 19.9 Å². The number of carbonyl (C=O) groups is 1. The van der Waals surface area contributed by atoms with Crippen LogP contribution in [0.2, 0.25) is 0 Å². The van der Waals surface area contributed by atoms with E-state index in [0.717, 1.165) is 0 Å². The number of rotatable bonds is 4. The Kier molecular flexibility index (Phi) is 3.43. The van der Waals surface area contributed by atoms with E-state index >= 15 is 0 Å². The van der Waals surface area contributed by atoms with Gasteiger partial charge in [-0.3, -0.25) is 4.79 Å². The van der Waals surface area contributed by atoms with Crippen LogP contribution < -0.4 is 11.1 Å². The molecule has 0 aliphatic heterocycles. The molecule has 0 saturated heterocycles. The molecule has 0 radical (unpaired) electrons. The highest BCUT2D eigenvalue weighted by Gasteiger charge is 2.28. The second-order valence-electron chi connectivity index (χ2n) is 4.14. The first-order chi connectivity index (χ1) is 8.93. The third-order valence-electron chi connectivity index (χ3n) is 2.56. The first-order valence-corrected chi connectivity index (χ1v) is 5.60. The van der Waals surface area contributed by atoms with Crippen LogP contribution in [0.25, 0.3) is 5.65 Å². The van der Waals surface area contributed by atoms with Gasteiger partial charge in [0.2, 0.25) is 0 Å². The smallest absolute Gasteiger partial charge is 0.277 e. The molecule has 0 aromatic carbocycles. The summed E-state index contributed by atoms with van der Waals surface area (Å²) in [6.45, 7) is 0.127. The van der Waals surface area contributed by atoms with E-state index in [1.54, 1.807) is 19.2 Å². The third kappa shape index (κ3) is 2.84. The Morgan fingerprint density at radius 2 is 2.32 bits per heavy atom. The molecule has 0 aliphatic carbocycles. The molecule has 3 N–H and O–H groups in total. The molecule has 2 aromatic heterocycles. The lowest BCUT2D eigenvalue weighted by atomic mass is 10.3. The van der Waals surface area contributed by atoms with E-state index in [1.165, 1.54) is 10.7 Å². The van der Waals surface area contributed by atoms with Crippen LogP contribution in [-0.2, 0) is 0 Å². The first-order valence-electron chi connectivity index (χ1n) is 5.60. The normalized spacial score (nSPS) is 11.8. The van der Waals surface area contributed by atoms with Crippen molar-refractivity contribution < 1.29 is 13.6 Å². The third-order valence-corrected chi connectivity index (χ3v) is 2.56. The topological polar surface area (TPSA) is 85.3 Å². The number of halogens is 2. The van der Waals surface area contributed by atoms with E-state index in [1.807, 2.05) is 0 Å². The molecule has 102 valence electrons. The summed E-state index contributed by atoms with van der Waals surface area (Å²) >= 11 is 0. The predicted molar refractivity (Wildman–Crippen MR) is 64.1 cm³/mol. The maximum atomic E-state index is 13.0. The van der Waals surface area contributed by atoms with Crippen LogP contribution in [0.1, 0.15) is 16.1 Å². The highest BCUT2D eigenvalue weighted by atomic mass is 19.3. The molecule has 0 spiro atoms. The number of alkyl halides is 2. The Morgan fingerprint density at radius 1 is 1.58 bits per heavy atom. The second kappa shape index (κ2) is 4.88. The van der Waals surface area contributed by atoms with Crippen LogP contribution in [0.4, 0.5) is 8.78 Å². The van der Waals surface area contributed by atoms with Gasteiger partial charge in [0.15, 0.2) is 5.65 Å². The highest BCUT2D eigenvalue weighted by Crippen LogP contribution is 2.11. The fourth-order valence-electron chi connectivity index (χ4n) is 1.50. The number of nitrogens with one attached hydrogen (secondary N) is 1. The van der Waals surface area contributed by atoms with Gasteiger partial charge in [-0.05, 0) is 13.0 Å². The van der Waals surface area contributed by atoms with Crippen LogP contribution >= 0.6 is 0 Å². The first kappa shape index (κ1) is 13.3. The summed E-state index contributed by atoms with van der Waals surface area (Å²) < 4.78 is 27.3. The zero-order valence-corrected chi connectivity index (χ0v) is 10.2. The van der Waals surface area contributed by atoms with E-state index in [9.17, 15) is 13.6 Å². The second-order valence-corrected chi connectivity index (χ2v) is 4.14. The monoisotopic (exact) mass is 269 g/mol. The van der Waals surface area contributed by atoms with Crippen LogP contribution in [0, 0.1) is 6.92 Å². The van der Waals surface area contributed by atoms with Crippen LogP contribution in [0.15, 0.2) is 18.5 Å². The average Bonchev–Trinajstić information content (AvgIpc) is 2.79. The summed E-state index contributed by atoms with van der Waals surface area (Å²) in [7, 11) is 0. The van der Waals surface area contributed by atoms with Crippen LogP contribution in [0.5, 0.6) is 0 Å². The standard InChI is InChI=1S/C11H13F2N5O/c1-7-2-3-18-9(17-7)8(4-16-18)10(19)15-6-11(12,13)5-14/h2-4H,5-6,14H2,1H3,(H,15,19). The Labute approximate surface area is 107 Å². The number of amides is 1. The molecular weight excluding hydrogens is 256 g/mol. The summed E-state index contributed by atoms with van der Waals surface area (Å²) in [6.07, 6.45) is 2.93. The number of hydrogen-bond donors (Lipinski definition) is 2. The molecule has 1 amide bonds. The van der Waals surface area contributed by atoms with Gasteiger partial charge in [-0.2, -0.15) is 5.10 Å². The molecule has 2 heterocycles. The van der Waals surface area contributed by atoms with Crippen molar-refractivity contribution in [3.05, 3.63) is 29.7 Å². The van der Waals surface area contributed by atoms with Gasteiger partial charge in [0.25, 0.3) is 11.8 Å². The van der Waals surface area contributed by atoms with Crippen molar-refractivity contribution in [3.63, 3.8) is 0 Å². The molecule has 0 unspecified atom stereocenters. The van der Waals surface area contributed by atoms with Crippen molar-refractivity contribution in [3.8, 4) is 0 Å². The fraction of sp³-hybridized carbons (Fsp3) is 0.364. The van der Waals surface area contributed by atoms with E-state index < -0.39 is 24.9 Å². The van der Waals surface area contributed by atoms with Gasteiger partial charge in [-0.1, -0.05) is 0 Å². The van der Waals surface area contributed by atoms with Crippen molar-refractivity contribution in [2.24, 2.45) is 5.73 Å². The SMILES string of the molecule is Cc1ccn2ncc(C(=O)NCC(F)(F)CN)c2n1. The van der Waals surface area contributed by atoms with Crippen LogP contribution in [-0.4, -0.2) is 39.5 Å². The molecule has 0 fully saturated rings. The molecule has 19 heavy (non-hydrogen) atoms. The number of aromatic nitrogens is 3. The average molecular weight is 269 g/mol. The van der Waals surface area contributed by atoms with Crippen LogP contribution in [0.3, 0.4) is 0 Å². The molecule has 8 heteroatoms. The Bertz CT molecular complexity index is 610. The number of nitrogens with two attached hydrogens (primary N) is 1.